The van der Waals surface area contributed by atoms with Crippen LogP contribution >= 0.6 is 0 Å². The molecular formula is C17H21F3N2O2. The van der Waals surface area contributed by atoms with E-state index in [4.69, 9.17) is 0 Å². The molecule has 1 aromatic rings. The standard InChI is InChI=1S/C17H21F3N2O2/c18-17(19,20)16(24)8-10-22(12-16)15(23)14-7-4-9-21(14)11-13-5-2-1-3-6-13/h1-3,5-6,14,24H,4,7-12H2/t14-,16-/m0/s1. The lowest BCUT2D eigenvalue weighted by molar-refractivity contribution is -0.253. The van der Waals surface area contributed by atoms with Gasteiger partial charge in [-0.2, -0.15) is 13.2 Å². The van der Waals surface area contributed by atoms with Crippen molar-refractivity contribution in [3.8, 4) is 0 Å². The third-order valence-corrected chi connectivity index (χ3v) is 4.96. The number of rotatable bonds is 3. The lowest BCUT2D eigenvalue weighted by atomic mass is 10.0. The van der Waals surface area contributed by atoms with E-state index in [1.165, 1.54) is 4.90 Å². The number of carbonyl (C=O) groups is 1. The van der Waals surface area contributed by atoms with Crippen LogP contribution in [-0.4, -0.2) is 58.3 Å². The molecule has 7 heteroatoms. The average molecular weight is 342 g/mol. The number of alkyl halides is 3. The molecule has 0 radical (unpaired) electrons. The van der Waals surface area contributed by atoms with Gasteiger partial charge in [0.1, 0.15) is 0 Å². The highest BCUT2D eigenvalue weighted by atomic mass is 19.4. The Balaban J connectivity index is 1.66. The number of carbonyl (C=O) groups excluding carboxylic acids is 1. The molecule has 0 bridgehead atoms. The van der Waals surface area contributed by atoms with Gasteiger partial charge in [-0.15, -0.1) is 0 Å². The van der Waals surface area contributed by atoms with E-state index in [-0.39, 0.29) is 12.5 Å². The molecule has 4 nitrogen and oxygen atoms in total. The summed E-state index contributed by atoms with van der Waals surface area (Å²) >= 11 is 0. The van der Waals surface area contributed by atoms with Crippen LogP contribution in [0.5, 0.6) is 0 Å². The minimum Gasteiger partial charge on any atom is -0.379 e. The Hall–Kier alpha value is -1.60. The van der Waals surface area contributed by atoms with Crippen LogP contribution in [0.25, 0.3) is 0 Å². The van der Waals surface area contributed by atoms with Crippen LogP contribution in [-0.2, 0) is 11.3 Å². The minimum absolute atomic E-state index is 0.0511. The molecule has 1 aromatic carbocycles. The van der Waals surface area contributed by atoms with Gasteiger partial charge in [-0.1, -0.05) is 30.3 Å². The molecule has 3 rings (SSSR count). The van der Waals surface area contributed by atoms with Crippen molar-refractivity contribution < 1.29 is 23.1 Å². The second kappa shape index (κ2) is 6.37. The molecule has 24 heavy (non-hydrogen) atoms. The van der Waals surface area contributed by atoms with Gasteiger partial charge in [0.2, 0.25) is 5.91 Å². The van der Waals surface area contributed by atoms with Crippen molar-refractivity contribution in [2.24, 2.45) is 0 Å². The maximum atomic E-state index is 12.9. The van der Waals surface area contributed by atoms with Crippen LogP contribution in [0, 0.1) is 0 Å². The summed E-state index contributed by atoms with van der Waals surface area (Å²) in [4.78, 5) is 15.9. The smallest absolute Gasteiger partial charge is 0.379 e. The van der Waals surface area contributed by atoms with Crippen molar-refractivity contribution >= 4 is 5.91 Å². The van der Waals surface area contributed by atoms with Gasteiger partial charge in [-0.3, -0.25) is 9.69 Å². The summed E-state index contributed by atoms with van der Waals surface area (Å²) in [5, 5.41) is 9.76. The number of hydrogen-bond donors (Lipinski definition) is 1. The summed E-state index contributed by atoms with van der Waals surface area (Å²) in [5.74, 6) is -0.302. The normalized spacial score (nSPS) is 28.5. The highest BCUT2D eigenvalue weighted by Gasteiger charge is 2.58. The van der Waals surface area contributed by atoms with Crippen molar-refractivity contribution in [3.05, 3.63) is 35.9 Å². The van der Waals surface area contributed by atoms with Crippen LogP contribution in [0.4, 0.5) is 13.2 Å². The van der Waals surface area contributed by atoms with Gasteiger partial charge in [0.25, 0.3) is 0 Å². The molecule has 0 spiro atoms. The highest BCUT2D eigenvalue weighted by molar-refractivity contribution is 5.82. The average Bonchev–Trinajstić information content (AvgIpc) is 3.15. The first-order valence-corrected chi connectivity index (χ1v) is 8.16. The molecule has 0 aromatic heterocycles. The van der Waals surface area contributed by atoms with Crippen LogP contribution in [0.15, 0.2) is 30.3 Å². The lowest BCUT2D eigenvalue weighted by Gasteiger charge is -2.29. The summed E-state index contributed by atoms with van der Waals surface area (Å²) < 4.78 is 38.8. The van der Waals surface area contributed by atoms with Crippen LogP contribution in [0.2, 0.25) is 0 Å². The maximum Gasteiger partial charge on any atom is 0.419 e. The van der Waals surface area contributed by atoms with E-state index >= 15 is 0 Å². The molecular weight excluding hydrogens is 321 g/mol. The number of nitrogens with zero attached hydrogens (tertiary/aromatic N) is 2. The quantitative estimate of drug-likeness (QED) is 0.916. The minimum atomic E-state index is -4.71. The first-order valence-electron chi connectivity index (χ1n) is 8.16. The molecule has 2 aliphatic heterocycles. The number of aliphatic hydroxyl groups is 1. The molecule has 0 saturated carbocycles. The fourth-order valence-corrected chi connectivity index (χ4v) is 3.54. The van der Waals surface area contributed by atoms with Gasteiger partial charge in [0, 0.05) is 19.5 Å². The number of amides is 1. The third kappa shape index (κ3) is 3.28. The van der Waals surface area contributed by atoms with Crippen molar-refractivity contribution in [1.82, 2.24) is 9.80 Å². The largest absolute Gasteiger partial charge is 0.419 e. The molecule has 2 saturated heterocycles. The molecule has 1 N–H and O–H groups in total. The Morgan fingerprint density at radius 1 is 1.25 bits per heavy atom. The lowest BCUT2D eigenvalue weighted by Crippen LogP contribution is -2.50. The Labute approximate surface area is 138 Å². The SMILES string of the molecule is O=C([C@@H]1CCCN1Cc1ccccc1)N1CC[C@@](O)(C(F)(F)F)C1. The zero-order valence-corrected chi connectivity index (χ0v) is 13.3. The molecule has 1 amide bonds. The van der Waals surface area contributed by atoms with Crippen LogP contribution in [0.3, 0.4) is 0 Å². The van der Waals surface area contributed by atoms with Crippen molar-refractivity contribution in [1.29, 1.82) is 0 Å². The van der Waals surface area contributed by atoms with Crippen molar-refractivity contribution in [2.45, 2.75) is 43.6 Å². The number of β-amino-alcohol motifs (C(OH)–C–C–N with tert-alkyl or cyclic N) is 1. The van der Waals surface area contributed by atoms with Crippen LogP contribution < -0.4 is 0 Å². The topological polar surface area (TPSA) is 43.8 Å². The monoisotopic (exact) mass is 342 g/mol. The van der Waals surface area contributed by atoms with Gasteiger partial charge in [0.05, 0.1) is 12.6 Å². The molecule has 0 aliphatic carbocycles. The molecule has 132 valence electrons. The van der Waals surface area contributed by atoms with E-state index in [1.807, 2.05) is 35.2 Å². The fraction of sp³-hybridized carbons (Fsp3) is 0.588. The summed E-state index contributed by atoms with van der Waals surface area (Å²) in [6.45, 7) is 0.646. The van der Waals surface area contributed by atoms with E-state index in [0.29, 0.717) is 13.0 Å². The second-order valence-corrected chi connectivity index (χ2v) is 6.65. The molecule has 2 fully saturated rings. The van der Waals surface area contributed by atoms with Gasteiger partial charge >= 0.3 is 6.18 Å². The highest BCUT2D eigenvalue weighted by Crippen LogP contribution is 2.38. The fourth-order valence-electron chi connectivity index (χ4n) is 3.54. The van der Waals surface area contributed by atoms with E-state index in [2.05, 4.69) is 0 Å². The van der Waals surface area contributed by atoms with E-state index in [0.717, 1.165) is 18.5 Å². The van der Waals surface area contributed by atoms with Crippen molar-refractivity contribution in [3.63, 3.8) is 0 Å². The van der Waals surface area contributed by atoms with E-state index in [1.54, 1.807) is 0 Å². The first kappa shape index (κ1) is 17.2. The first-order chi connectivity index (χ1) is 11.3. The molecule has 2 heterocycles. The Kier molecular flexibility index (Phi) is 4.57. The van der Waals surface area contributed by atoms with Crippen LogP contribution in [0.1, 0.15) is 24.8 Å². The summed E-state index contributed by atoms with van der Waals surface area (Å²) in [6, 6.07) is 9.30. The third-order valence-electron chi connectivity index (χ3n) is 4.96. The predicted octanol–water partition coefficient (Wildman–Crippen LogP) is 2.18. The molecule has 2 aliphatic rings. The number of benzene rings is 1. The van der Waals surface area contributed by atoms with Gasteiger partial charge in [-0.05, 0) is 24.9 Å². The van der Waals surface area contributed by atoms with E-state index in [9.17, 15) is 23.1 Å². The van der Waals surface area contributed by atoms with Gasteiger partial charge in [0.15, 0.2) is 5.60 Å². The van der Waals surface area contributed by atoms with E-state index < -0.39 is 30.8 Å². The zero-order chi connectivity index (χ0) is 17.4. The molecule has 0 unspecified atom stereocenters. The maximum absolute atomic E-state index is 12.9. The Morgan fingerprint density at radius 2 is 1.96 bits per heavy atom. The number of halogens is 3. The van der Waals surface area contributed by atoms with Gasteiger partial charge < -0.3 is 10.0 Å². The summed E-state index contributed by atoms with van der Waals surface area (Å²) in [5.41, 5.74) is -1.70. The summed E-state index contributed by atoms with van der Waals surface area (Å²) in [7, 11) is 0. The molecule has 2 atom stereocenters. The van der Waals surface area contributed by atoms with Crippen molar-refractivity contribution in [2.75, 3.05) is 19.6 Å². The predicted molar refractivity (Wildman–Crippen MR) is 82.1 cm³/mol. The zero-order valence-electron chi connectivity index (χ0n) is 13.3. The Morgan fingerprint density at radius 3 is 2.58 bits per heavy atom. The number of likely N-dealkylation sites (tertiary alicyclic amines) is 2. The number of hydrogen-bond acceptors (Lipinski definition) is 3. The van der Waals surface area contributed by atoms with Gasteiger partial charge in [-0.25, -0.2) is 0 Å². The summed E-state index contributed by atoms with van der Waals surface area (Å²) in [6.07, 6.45) is -3.66. The second-order valence-electron chi connectivity index (χ2n) is 6.65. The Bertz CT molecular complexity index is 593.